The molecule has 132 valence electrons. The fraction of sp³-hybridized carbons (Fsp3) is 0.100. The molecular formula is C20H17ClN2O3. The first-order valence-corrected chi connectivity index (χ1v) is 8.36. The molecule has 0 spiro atoms. The number of furan rings is 1. The van der Waals surface area contributed by atoms with Gasteiger partial charge in [0.1, 0.15) is 18.1 Å². The Kier molecular flexibility index (Phi) is 5.71. The van der Waals surface area contributed by atoms with Crippen LogP contribution in [0.5, 0.6) is 5.75 Å². The molecule has 0 saturated carbocycles. The second-order valence-electron chi connectivity index (χ2n) is 5.57. The number of hydrazone groups is 1. The van der Waals surface area contributed by atoms with E-state index in [0.717, 1.165) is 11.1 Å². The molecule has 1 aromatic heterocycles. The molecule has 0 atom stereocenters. The molecule has 0 aliphatic carbocycles. The van der Waals surface area contributed by atoms with E-state index in [-0.39, 0.29) is 5.76 Å². The lowest BCUT2D eigenvalue weighted by atomic mass is 10.2. The number of ether oxygens (including phenoxy) is 1. The number of amides is 1. The van der Waals surface area contributed by atoms with Gasteiger partial charge in [0.05, 0.1) is 6.21 Å². The second kappa shape index (κ2) is 8.36. The van der Waals surface area contributed by atoms with Crippen LogP contribution in [-0.2, 0) is 6.61 Å². The molecule has 3 rings (SSSR count). The summed E-state index contributed by atoms with van der Waals surface area (Å²) in [6.45, 7) is 2.15. The van der Waals surface area contributed by atoms with Crippen LogP contribution in [0.3, 0.4) is 0 Å². The van der Waals surface area contributed by atoms with E-state index < -0.39 is 5.91 Å². The Balaban J connectivity index is 1.64. The summed E-state index contributed by atoms with van der Waals surface area (Å²) >= 11 is 5.98. The van der Waals surface area contributed by atoms with Gasteiger partial charge in [-0.05, 0) is 48.9 Å². The van der Waals surface area contributed by atoms with Crippen molar-refractivity contribution in [3.05, 3.63) is 88.3 Å². The van der Waals surface area contributed by atoms with Gasteiger partial charge in [-0.3, -0.25) is 4.79 Å². The third-order valence-corrected chi connectivity index (χ3v) is 3.77. The number of nitrogens with zero attached hydrogens (tertiary/aromatic N) is 1. The number of nitrogens with one attached hydrogen (secondary N) is 1. The topological polar surface area (TPSA) is 63.8 Å². The van der Waals surface area contributed by atoms with Gasteiger partial charge in [-0.1, -0.05) is 35.9 Å². The van der Waals surface area contributed by atoms with Gasteiger partial charge in [0.2, 0.25) is 0 Å². The van der Waals surface area contributed by atoms with Crippen LogP contribution < -0.4 is 10.2 Å². The molecule has 6 heteroatoms. The number of rotatable bonds is 6. The highest BCUT2D eigenvalue weighted by Gasteiger charge is 2.08. The van der Waals surface area contributed by atoms with Gasteiger partial charge in [-0.25, -0.2) is 5.43 Å². The van der Waals surface area contributed by atoms with Crippen molar-refractivity contribution in [3.8, 4) is 5.75 Å². The van der Waals surface area contributed by atoms with Crippen LogP contribution in [0.25, 0.3) is 0 Å². The Morgan fingerprint density at radius 1 is 1.19 bits per heavy atom. The normalized spacial score (nSPS) is 10.8. The van der Waals surface area contributed by atoms with Crippen LogP contribution in [0.15, 0.2) is 70.2 Å². The summed E-state index contributed by atoms with van der Waals surface area (Å²) in [5.74, 6) is 1.12. The van der Waals surface area contributed by atoms with E-state index in [0.29, 0.717) is 23.1 Å². The number of halogens is 1. The van der Waals surface area contributed by atoms with Crippen LogP contribution in [0.2, 0.25) is 5.02 Å². The number of aryl methyl sites for hydroxylation is 1. The number of hydrogen-bond donors (Lipinski definition) is 1. The third-order valence-electron chi connectivity index (χ3n) is 3.54. The van der Waals surface area contributed by atoms with Gasteiger partial charge in [0.15, 0.2) is 5.76 Å². The number of hydrogen-bond acceptors (Lipinski definition) is 4. The number of benzene rings is 2. The van der Waals surface area contributed by atoms with Crippen molar-refractivity contribution in [1.82, 2.24) is 5.43 Å². The first kappa shape index (κ1) is 17.8. The quantitative estimate of drug-likeness (QED) is 0.511. The van der Waals surface area contributed by atoms with Crippen molar-refractivity contribution in [2.24, 2.45) is 5.10 Å². The lowest BCUT2D eigenvalue weighted by molar-refractivity contribution is 0.0926. The standard InChI is InChI=1S/C20H17ClN2O3/c1-14-9-10-19(26-14)20(24)23-22-12-16-6-2-3-8-18(16)25-13-15-5-4-7-17(21)11-15/h2-12H,13H2,1H3,(H,23,24)/b22-12+. The zero-order chi connectivity index (χ0) is 18.4. The third kappa shape index (κ3) is 4.74. The molecule has 5 nitrogen and oxygen atoms in total. The van der Waals surface area contributed by atoms with Gasteiger partial charge >= 0.3 is 5.91 Å². The summed E-state index contributed by atoms with van der Waals surface area (Å²) in [5.41, 5.74) is 4.14. The Labute approximate surface area is 156 Å². The number of para-hydroxylation sites is 1. The fourth-order valence-electron chi connectivity index (χ4n) is 2.28. The molecule has 0 radical (unpaired) electrons. The summed E-state index contributed by atoms with van der Waals surface area (Å²) in [5, 5.41) is 4.64. The van der Waals surface area contributed by atoms with Crippen molar-refractivity contribution in [1.29, 1.82) is 0 Å². The maximum absolute atomic E-state index is 11.9. The molecule has 26 heavy (non-hydrogen) atoms. The average Bonchev–Trinajstić information content (AvgIpc) is 3.07. The minimum atomic E-state index is -0.410. The van der Waals surface area contributed by atoms with E-state index in [1.807, 2.05) is 48.5 Å². The van der Waals surface area contributed by atoms with Crippen molar-refractivity contribution in [2.75, 3.05) is 0 Å². The monoisotopic (exact) mass is 368 g/mol. The predicted octanol–water partition coefficient (Wildman–Crippen LogP) is 4.58. The summed E-state index contributed by atoms with van der Waals surface area (Å²) in [7, 11) is 0. The van der Waals surface area contributed by atoms with E-state index in [1.54, 1.807) is 19.1 Å². The molecule has 0 aliphatic heterocycles. The molecule has 1 heterocycles. The molecule has 0 aliphatic rings. The first-order chi connectivity index (χ1) is 12.6. The fourth-order valence-corrected chi connectivity index (χ4v) is 2.49. The number of carbonyl (C=O) groups excluding carboxylic acids is 1. The van der Waals surface area contributed by atoms with Gasteiger partial charge in [0.25, 0.3) is 0 Å². The molecule has 0 bridgehead atoms. The van der Waals surface area contributed by atoms with E-state index in [1.165, 1.54) is 6.21 Å². The lowest BCUT2D eigenvalue weighted by Crippen LogP contribution is -2.16. The van der Waals surface area contributed by atoms with Crippen LogP contribution in [0.1, 0.15) is 27.4 Å². The van der Waals surface area contributed by atoms with E-state index in [2.05, 4.69) is 10.5 Å². The lowest BCUT2D eigenvalue weighted by Gasteiger charge is -2.09. The number of carbonyl (C=O) groups is 1. The predicted molar refractivity (Wildman–Crippen MR) is 101 cm³/mol. The largest absolute Gasteiger partial charge is 0.488 e. The van der Waals surface area contributed by atoms with Crippen molar-refractivity contribution < 1.29 is 13.9 Å². The average molecular weight is 369 g/mol. The molecule has 0 fully saturated rings. The maximum Gasteiger partial charge on any atom is 0.307 e. The summed E-state index contributed by atoms with van der Waals surface area (Å²) in [4.78, 5) is 11.9. The van der Waals surface area contributed by atoms with Crippen LogP contribution in [-0.4, -0.2) is 12.1 Å². The molecule has 1 N–H and O–H groups in total. The maximum atomic E-state index is 11.9. The van der Waals surface area contributed by atoms with E-state index in [4.69, 9.17) is 20.8 Å². The molecule has 2 aromatic carbocycles. The van der Waals surface area contributed by atoms with Crippen molar-refractivity contribution in [3.63, 3.8) is 0 Å². The minimum Gasteiger partial charge on any atom is -0.488 e. The highest BCUT2D eigenvalue weighted by Crippen LogP contribution is 2.19. The smallest absolute Gasteiger partial charge is 0.307 e. The van der Waals surface area contributed by atoms with Crippen LogP contribution in [0, 0.1) is 6.92 Å². The highest BCUT2D eigenvalue weighted by molar-refractivity contribution is 6.30. The van der Waals surface area contributed by atoms with E-state index in [9.17, 15) is 4.79 Å². The van der Waals surface area contributed by atoms with Crippen LogP contribution >= 0.6 is 11.6 Å². The molecule has 1 amide bonds. The van der Waals surface area contributed by atoms with Crippen molar-refractivity contribution >= 4 is 23.7 Å². The zero-order valence-corrected chi connectivity index (χ0v) is 14.9. The van der Waals surface area contributed by atoms with E-state index >= 15 is 0 Å². The minimum absolute atomic E-state index is 0.213. The van der Waals surface area contributed by atoms with Gasteiger partial charge in [-0.15, -0.1) is 0 Å². The SMILES string of the molecule is Cc1ccc(C(=O)N/N=C/c2ccccc2OCc2cccc(Cl)c2)o1. The summed E-state index contributed by atoms with van der Waals surface area (Å²) < 4.78 is 11.1. The Morgan fingerprint density at radius 3 is 2.81 bits per heavy atom. The van der Waals surface area contributed by atoms with Gasteiger partial charge < -0.3 is 9.15 Å². The Morgan fingerprint density at radius 2 is 2.04 bits per heavy atom. The second-order valence-corrected chi connectivity index (χ2v) is 6.00. The molecule has 0 unspecified atom stereocenters. The van der Waals surface area contributed by atoms with Gasteiger partial charge in [-0.2, -0.15) is 5.10 Å². The Bertz CT molecular complexity index is 934. The van der Waals surface area contributed by atoms with Crippen LogP contribution in [0.4, 0.5) is 0 Å². The molecular weight excluding hydrogens is 352 g/mol. The zero-order valence-electron chi connectivity index (χ0n) is 14.1. The summed E-state index contributed by atoms with van der Waals surface area (Å²) in [6.07, 6.45) is 1.53. The Hall–Kier alpha value is -3.05. The molecule has 3 aromatic rings. The highest BCUT2D eigenvalue weighted by atomic mass is 35.5. The first-order valence-electron chi connectivity index (χ1n) is 7.98. The summed E-state index contributed by atoms with van der Waals surface area (Å²) in [6, 6.07) is 18.2. The van der Waals surface area contributed by atoms with Crippen molar-refractivity contribution in [2.45, 2.75) is 13.5 Å². The molecule has 0 saturated heterocycles. The van der Waals surface area contributed by atoms with Gasteiger partial charge in [0, 0.05) is 10.6 Å².